The van der Waals surface area contributed by atoms with Crippen LogP contribution < -0.4 is 5.14 Å². The quantitative estimate of drug-likeness (QED) is 0.790. The first-order valence-corrected chi connectivity index (χ1v) is 6.57. The lowest BCUT2D eigenvalue weighted by molar-refractivity contribution is 0.595. The van der Waals surface area contributed by atoms with Crippen LogP contribution in [0.2, 0.25) is 0 Å². The third-order valence-electron chi connectivity index (χ3n) is 1.94. The Labute approximate surface area is 87.1 Å². The van der Waals surface area contributed by atoms with Crippen molar-refractivity contribution in [1.82, 2.24) is 0 Å². The van der Waals surface area contributed by atoms with Gasteiger partial charge in [-0.25, -0.2) is 13.6 Å². The van der Waals surface area contributed by atoms with Crippen molar-refractivity contribution in [2.24, 2.45) is 5.14 Å². The average molecular weight is 227 g/mol. The highest BCUT2D eigenvalue weighted by molar-refractivity contribution is 8.00. The number of primary sulfonamides is 1. The Balaban J connectivity index is 2.69. The molecule has 2 N–H and O–H groups in total. The van der Waals surface area contributed by atoms with Crippen LogP contribution in [0.1, 0.15) is 5.56 Å². The Bertz CT molecular complexity index is 492. The van der Waals surface area contributed by atoms with Gasteiger partial charge in [-0.05, 0) is 11.6 Å². The zero-order valence-electron chi connectivity index (χ0n) is 7.30. The Morgan fingerprint density at radius 3 is 2.86 bits per heavy atom. The summed E-state index contributed by atoms with van der Waals surface area (Å²) in [5, 5.41) is 5.12. The number of sulfonamides is 1. The molecule has 3 nitrogen and oxygen atoms in total. The molecule has 0 saturated carbocycles. The summed E-state index contributed by atoms with van der Waals surface area (Å²) in [4.78, 5) is 0.988. The maximum absolute atomic E-state index is 11.2. The van der Waals surface area contributed by atoms with Gasteiger partial charge in [0.1, 0.15) is 0 Å². The minimum atomic E-state index is -3.60. The number of benzene rings is 1. The van der Waals surface area contributed by atoms with Crippen molar-refractivity contribution in [3.05, 3.63) is 29.8 Å². The van der Waals surface area contributed by atoms with E-state index in [2.05, 4.69) is 0 Å². The van der Waals surface area contributed by atoms with E-state index >= 15 is 0 Å². The van der Waals surface area contributed by atoms with Crippen molar-refractivity contribution in [1.29, 1.82) is 0 Å². The van der Waals surface area contributed by atoms with Crippen molar-refractivity contribution in [2.75, 3.05) is 5.75 Å². The highest BCUT2D eigenvalue weighted by atomic mass is 32.2. The number of hydrogen-bond donors (Lipinski definition) is 1. The third kappa shape index (κ3) is 1.70. The van der Waals surface area contributed by atoms with Crippen LogP contribution in [0.5, 0.6) is 0 Å². The lowest BCUT2D eigenvalue weighted by atomic mass is 10.2. The molecule has 1 heterocycles. The van der Waals surface area contributed by atoms with Gasteiger partial charge in [-0.15, -0.1) is 11.8 Å². The standard InChI is InChI=1S/C9H9NO2S2/c10-14(11,12)8-5-1-3-7-4-2-6-13-9(7)8/h1-5H,6H2,(H2,10,11,12). The Morgan fingerprint density at radius 2 is 2.14 bits per heavy atom. The van der Waals surface area contributed by atoms with Crippen LogP contribution in [0.25, 0.3) is 6.08 Å². The molecule has 0 aromatic heterocycles. The second kappa shape index (κ2) is 3.42. The van der Waals surface area contributed by atoms with E-state index in [0.717, 1.165) is 16.2 Å². The average Bonchev–Trinajstić information content (AvgIpc) is 2.15. The molecular formula is C9H9NO2S2. The maximum atomic E-state index is 11.2. The van der Waals surface area contributed by atoms with E-state index in [4.69, 9.17) is 5.14 Å². The first-order valence-electron chi connectivity index (χ1n) is 4.04. The van der Waals surface area contributed by atoms with Crippen LogP contribution in [-0.4, -0.2) is 14.2 Å². The summed E-state index contributed by atoms with van der Waals surface area (Å²) in [6.45, 7) is 0. The minimum Gasteiger partial charge on any atom is -0.225 e. The van der Waals surface area contributed by atoms with Crippen molar-refractivity contribution >= 4 is 27.9 Å². The molecule has 0 unspecified atom stereocenters. The van der Waals surface area contributed by atoms with Gasteiger partial charge in [0, 0.05) is 10.6 Å². The molecule has 0 radical (unpaired) electrons. The molecule has 0 saturated heterocycles. The van der Waals surface area contributed by atoms with Crippen molar-refractivity contribution < 1.29 is 8.42 Å². The van der Waals surface area contributed by atoms with Crippen LogP contribution in [-0.2, 0) is 10.0 Å². The lowest BCUT2D eigenvalue weighted by Crippen LogP contribution is -2.14. The normalized spacial score (nSPS) is 15.2. The predicted molar refractivity (Wildman–Crippen MR) is 57.6 cm³/mol. The summed E-state index contributed by atoms with van der Waals surface area (Å²) in [5.74, 6) is 0.791. The Morgan fingerprint density at radius 1 is 1.36 bits per heavy atom. The molecule has 0 atom stereocenters. The van der Waals surface area contributed by atoms with E-state index < -0.39 is 10.0 Å². The fourth-order valence-corrected chi connectivity index (χ4v) is 3.39. The highest BCUT2D eigenvalue weighted by Crippen LogP contribution is 2.33. The van der Waals surface area contributed by atoms with Crippen molar-refractivity contribution in [2.45, 2.75) is 9.79 Å². The van der Waals surface area contributed by atoms with E-state index in [0.29, 0.717) is 0 Å². The summed E-state index contributed by atoms with van der Waals surface area (Å²) in [7, 11) is -3.60. The van der Waals surface area contributed by atoms with Gasteiger partial charge in [0.05, 0.1) is 4.90 Å². The van der Waals surface area contributed by atoms with Crippen LogP contribution >= 0.6 is 11.8 Å². The van der Waals surface area contributed by atoms with E-state index in [9.17, 15) is 8.42 Å². The molecule has 0 amide bonds. The SMILES string of the molecule is NS(=O)(=O)c1cccc2c1SCC=C2. The second-order valence-corrected chi connectivity index (χ2v) is 5.49. The molecule has 1 aliphatic heterocycles. The van der Waals surface area contributed by atoms with Crippen LogP contribution in [0.3, 0.4) is 0 Å². The van der Waals surface area contributed by atoms with E-state index in [-0.39, 0.29) is 4.90 Å². The van der Waals surface area contributed by atoms with Crippen LogP contribution in [0.15, 0.2) is 34.1 Å². The molecule has 1 aromatic rings. The summed E-state index contributed by atoms with van der Waals surface area (Å²) >= 11 is 1.50. The van der Waals surface area contributed by atoms with Gasteiger partial charge < -0.3 is 0 Å². The molecule has 2 rings (SSSR count). The number of hydrogen-bond acceptors (Lipinski definition) is 3. The minimum absolute atomic E-state index is 0.226. The Hall–Kier alpha value is -0.780. The molecule has 1 aliphatic rings. The molecule has 0 spiro atoms. The number of thioether (sulfide) groups is 1. The van der Waals surface area contributed by atoms with Crippen LogP contribution in [0, 0.1) is 0 Å². The maximum Gasteiger partial charge on any atom is 0.239 e. The van der Waals surface area contributed by atoms with Gasteiger partial charge in [-0.3, -0.25) is 0 Å². The summed E-state index contributed by atoms with van der Waals surface area (Å²) in [6, 6.07) is 5.13. The van der Waals surface area contributed by atoms with Gasteiger partial charge in [0.2, 0.25) is 10.0 Å². The topological polar surface area (TPSA) is 60.2 Å². The van der Waals surface area contributed by atoms with Gasteiger partial charge >= 0.3 is 0 Å². The molecule has 0 bridgehead atoms. The lowest BCUT2D eigenvalue weighted by Gasteiger charge is -2.12. The smallest absolute Gasteiger partial charge is 0.225 e. The Kier molecular flexibility index (Phi) is 2.38. The monoisotopic (exact) mass is 227 g/mol. The summed E-state index contributed by atoms with van der Waals surface area (Å²) in [6.07, 6.45) is 3.92. The number of fused-ring (bicyclic) bond motifs is 1. The molecule has 1 aromatic carbocycles. The third-order valence-corrected chi connectivity index (χ3v) is 4.12. The first-order chi connectivity index (χ1) is 6.59. The van der Waals surface area contributed by atoms with Gasteiger partial charge in [-0.2, -0.15) is 0 Å². The fraction of sp³-hybridized carbons (Fsp3) is 0.111. The molecule has 5 heteroatoms. The zero-order chi connectivity index (χ0) is 10.2. The molecule has 0 aliphatic carbocycles. The number of rotatable bonds is 1. The predicted octanol–water partition coefficient (Wildman–Crippen LogP) is 1.45. The van der Waals surface area contributed by atoms with Gasteiger partial charge in [-0.1, -0.05) is 24.3 Å². The summed E-state index contributed by atoms with van der Waals surface area (Å²) in [5.41, 5.74) is 0.924. The molecule has 74 valence electrons. The van der Waals surface area contributed by atoms with Crippen molar-refractivity contribution in [3.63, 3.8) is 0 Å². The van der Waals surface area contributed by atoms with E-state index in [1.165, 1.54) is 11.8 Å². The molecule has 14 heavy (non-hydrogen) atoms. The van der Waals surface area contributed by atoms with E-state index in [1.807, 2.05) is 18.2 Å². The van der Waals surface area contributed by atoms with Gasteiger partial charge in [0.15, 0.2) is 0 Å². The van der Waals surface area contributed by atoms with Gasteiger partial charge in [0.25, 0.3) is 0 Å². The molecular weight excluding hydrogens is 218 g/mol. The molecule has 0 fully saturated rings. The zero-order valence-corrected chi connectivity index (χ0v) is 8.94. The largest absolute Gasteiger partial charge is 0.239 e. The number of nitrogens with two attached hydrogens (primary N) is 1. The van der Waals surface area contributed by atoms with Crippen molar-refractivity contribution in [3.8, 4) is 0 Å². The van der Waals surface area contributed by atoms with Crippen LogP contribution in [0.4, 0.5) is 0 Å². The second-order valence-electron chi connectivity index (χ2n) is 2.93. The fourth-order valence-electron chi connectivity index (χ4n) is 1.35. The highest BCUT2D eigenvalue weighted by Gasteiger charge is 2.17. The van der Waals surface area contributed by atoms with E-state index in [1.54, 1.807) is 12.1 Å². The summed E-state index contributed by atoms with van der Waals surface area (Å²) < 4.78 is 22.5. The first kappa shape index (κ1) is 9.76.